The lowest BCUT2D eigenvalue weighted by Gasteiger charge is -2.37. The predicted molar refractivity (Wildman–Crippen MR) is 122 cm³/mol. The van der Waals surface area contributed by atoms with Crippen molar-refractivity contribution >= 4 is 11.8 Å². The molecule has 30 heavy (non-hydrogen) atoms. The number of hydrogen-bond donors (Lipinski definition) is 2. The molecule has 1 aliphatic rings. The second-order valence-corrected chi connectivity index (χ2v) is 10.6. The van der Waals surface area contributed by atoms with Gasteiger partial charge in [0.2, 0.25) is 5.91 Å². The van der Waals surface area contributed by atoms with Gasteiger partial charge in [-0.15, -0.1) is 0 Å². The topological polar surface area (TPSA) is 64.7 Å². The summed E-state index contributed by atoms with van der Waals surface area (Å²) in [5, 5.41) is 5.96. The second kappa shape index (κ2) is 10.4. The molecule has 6 heteroatoms. The standard InChI is InChI=1S/C24H40N4O2/c1-23(2,3)18-28-14-12-27(13-15-28)11-10-25-21(29)20-9-7-8-19(16-20)17-26-22(30)24(4,5)6/h7-9,16H,10-15,17-18H2,1-6H3,(H,25,29)(H,26,30). The van der Waals surface area contributed by atoms with Gasteiger partial charge < -0.3 is 15.5 Å². The van der Waals surface area contributed by atoms with Crippen LogP contribution < -0.4 is 10.6 Å². The molecule has 0 aromatic heterocycles. The number of nitrogens with one attached hydrogen (secondary N) is 2. The molecule has 0 saturated carbocycles. The molecule has 1 heterocycles. The normalized spacial score (nSPS) is 16.3. The molecule has 2 amide bonds. The van der Waals surface area contributed by atoms with Crippen molar-refractivity contribution < 1.29 is 9.59 Å². The maximum Gasteiger partial charge on any atom is 0.251 e. The fourth-order valence-electron chi connectivity index (χ4n) is 3.54. The Hall–Kier alpha value is -1.92. The van der Waals surface area contributed by atoms with E-state index in [1.807, 2.05) is 45.0 Å². The molecule has 2 rings (SSSR count). The lowest BCUT2D eigenvalue weighted by molar-refractivity contribution is -0.128. The Morgan fingerprint density at radius 3 is 2.17 bits per heavy atom. The molecule has 2 N–H and O–H groups in total. The zero-order valence-electron chi connectivity index (χ0n) is 19.7. The van der Waals surface area contributed by atoms with Crippen molar-refractivity contribution in [2.45, 2.75) is 48.1 Å². The maximum absolute atomic E-state index is 12.5. The number of carbonyl (C=O) groups excluding carboxylic acids is 2. The maximum atomic E-state index is 12.5. The Balaban J connectivity index is 1.73. The highest BCUT2D eigenvalue weighted by atomic mass is 16.2. The lowest BCUT2D eigenvalue weighted by atomic mass is 9.95. The van der Waals surface area contributed by atoms with Crippen molar-refractivity contribution in [3.63, 3.8) is 0 Å². The third-order valence-corrected chi connectivity index (χ3v) is 5.20. The van der Waals surface area contributed by atoms with E-state index in [1.165, 1.54) is 0 Å². The zero-order valence-corrected chi connectivity index (χ0v) is 19.7. The van der Waals surface area contributed by atoms with Gasteiger partial charge in [-0.25, -0.2) is 0 Å². The molecule has 1 fully saturated rings. The van der Waals surface area contributed by atoms with Crippen LogP contribution in [0.1, 0.15) is 57.5 Å². The van der Waals surface area contributed by atoms with E-state index >= 15 is 0 Å². The van der Waals surface area contributed by atoms with Gasteiger partial charge in [-0.05, 0) is 23.1 Å². The summed E-state index contributed by atoms with van der Waals surface area (Å²) in [7, 11) is 0. The van der Waals surface area contributed by atoms with Crippen LogP contribution in [-0.4, -0.2) is 67.4 Å². The first-order valence-corrected chi connectivity index (χ1v) is 11.0. The molecule has 0 atom stereocenters. The van der Waals surface area contributed by atoms with E-state index in [1.54, 1.807) is 0 Å². The summed E-state index contributed by atoms with van der Waals surface area (Å²) in [6, 6.07) is 7.46. The van der Waals surface area contributed by atoms with Gasteiger partial charge >= 0.3 is 0 Å². The molecule has 0 radical (unpaired) electrons. The summed E-state index contributed by atoms with van der Waals surface area (Å²) in [5.74, 6) is -0.0645. The highest BCUT2D eigenvalue weighted by Crippen LogP contribution is 2.16. The smallest absolute Gasteiger partial charge is 0.251 e. The number of rotatable bonds is 7. The fraction of sp³-hybridized carbons (Fsp3) is 0.667. The first kappa shape index (κ1) is 24.4. The van der Waals surface area contributed by atoms with E-state index in [0.717, 1.165) is 44.8 Å². The average Bonchev–Trinajstić information content (AvgIpc) is 2.65. The van der Waals surface area contributed by atoms with E-state index in [9.17, 15) is 9.59 Å². The summed E-state index contributed by atoms with van der Waals surface area (Å²) in [4.78, 5) is 29.5. The van der Waals surface area contributed by atoms with Gasteiger partial charge in [0, 0.05) is 63.3 Å². The van der Waals surface area contributed by atoms with Crippen molar-refractivity contribution in [3.8, 4) is 0 Å². The van der Waals surface area contributed by atoms with Gasteiger partial charge in [-0.1, -0.05) is 53.7 Å². The van der Waals surface area contributed by atoms with Crippen LogP contribution in [0.2, 0.25) is 0 Å². The van der Waals surface area contributed by atoms with E-state index in [0.29, 0.717) is 24.1 Å². The Labute approximate surface area is 182 Å². The van der Waals surface area contributed by atoms with Crippen LogP contribution in [0.5, 0.6) is 0 Å². The van der Waals surface area contributed by atoms with E-state index < -0.39 is 5.41 Å². The first-order chi connectivity index (χ1) is 13.9. The molecule has 168 valence electrons. The Bertz CT molecular complexity index is 711. The van der Waals surface area contributed by atoms with Crippen molar-refractivity contribution in [1.82, 2.24) is 20.4 Å². The third-order valence-electron chi connectivity index (χ3n) is 5.20. The van der Waals surface area contributed by atoms with Gasteiger partial charge in [0.1, 0.15) is 0 Å². The van der Waals surface area contributed by atoms with E-state index in [2.05, 4.69) is 41.2 Å². The summed E-state index contributed by atoms with van der Waals surface area (Å²) in [6.45, 7) is 19.8. The predicted octanol–water partition coefficient (Wildman–Crippen LogP) is 2.74. The SMILES string of the molecule is CC(C)(C)CN1CCN(CCNC(=O)c2cccc(CNC(=O)C(C)(C)C)c2)CC1. The Morgan fingerprint density at radius 2 is 1.57 bits per heavy atom. The summed E-state index contributed by atoms with van der Waals surface area (Å²) in [5.41, 5.74) is 1.47. The highest BCUT2D eigenvalue weighted by molar-refractivity contribution is 5.94. The molecule has 1 aromatic carbocycles. The van der Waals surface area contributed by atoms with Crippen LogP contribution in [0, 0.1) is 10.8 Å². The van der Waals surface area contributed by atoms with Crippen LogP contribution in [-0.2, 0) is 11.3 Å². The number of benzene rings is 1. The van der Waals surface area contributed by atoms with E-state index in [-0.39, 0.29) is 11.8 Å². The molecule has 1 aromatic rings. The molecule has 1 saturated heterocycles. The van der Waals surface area contributed by atoms with Gasteiger partial charge in [0.25, 0.3) is 5.91 Å². The molecular weight excluding hydrogens is 376 g/mol. The Kier molecular flexibility index (Phi) is 8.44. The second-order valence-electron chi connectivity index (χ2n) is 10.6. The fourth-order valence-corrected chi connectivity index (χ4v) is 3.54. The Morgan fingerprint density at radius 1 is 0.933 bits per heavy atom. The zero-order chi connectivity index (χ0) is 22.4. The number of piperazine rings is 1. The third kappa shape index (κ3) is 8.44. The van der Waals surface area contributed by atoms with Crippen LogP contribution in [0.15, 0.2) is 24.3 Å². The van der Waals surface area contributed by atoms with Crippen LogP contribution >= 0.6 is 0 Å². The molecule has 0 unspecified atom stereocenters. The minimum absolute atomic E-state index is 0.0000446. The van der Waals surface area contributed by atoms with Gasteiger partial charge in [0.15, 0.2) is 0 Å². The summed E-state index contributed by atoms with van der Waals surface area (Å²) < 4.78 is 0. The van der Waals surface area contributed by atoms with Crippen LogP contribution in [0.3, 0.4) is 0 Å². The molecule has 6 nitrogen and oxygen atoms in total. The molecule has 0 spiro atoms. The van der Waals surface area contributed by atoms with Gasteiger partial charge in [0.05, 0.1) is 0 Å². The number of nitrogens with zero attached hydrogens (tertiary/aromatic N) is 2. The molecular formula is C24H40N4O2. The van der Waals surface area contributed by atoms with Crippen molar-refractivity contribution in [1.29, 1.82) is 0 Å². The van der Waals surface area contributed by atoms with Crippen molar-refractivity contribution in [3.05, 3.63) is 35.4 Å². The molecule has 1 aliphatic heterocycles. The van der Waals surface area contributed by atoms with Crippen LogP contribution in [0.25, 0.3) is 0 Å². The largest absolute Gasteiger partial charge is 0.352 e. The summed E-state index contributed by atoms with van der Waals surface area (Å²) >= 11 is 0. The van der Waals surface area contributed by atoms with Crippen LogP contribution in [0.4, 0.5) is 0 Å². The summed E-state index contributed by atoms with van der Waals surface area (Å²) in [6.07, 6.45) is 0. The van der Waals surface area contributed by atoms with Gasteiger partial charge in [-0.2, -0.15) is 0 Å². The number of hydrogen-bond acceptors (Lipinski definition) is 4. The van der Waals surface area contributed by atoms with Crippen molar-refractivity contribution in [2.24, 2.45) is 10.8 Å². The minimum Gasteiger partial charge on any atom is -0.352 e. The number of amides is 2. The monoisotopic (exact) mass is 416 g/mol. The van der Waals surface area contributed by atoms with Crippen molar-refractivity contribution in [2.75, 3.05) is 45.8 Å². The number of carbonyl (C=O) groups is 2. The van der Waals surface area contributed by atoms with E-state index in [4.69, 9.17) is 0 Å². The quantitative estimate of drug-likeness (QED) is 0.717. The van der Waals surface area contributed by atoms with Gasteiger partial charge in [-0.3, -0.25) is 14.5 Å². The molecule has 0 bridgehead atoms. The average molecular weight is 417 g/mol. The minimum atomic E-state index is -0.423. The highest BCUT2D eigenvalue weighted by Gasteiger charge is 2.22. The molecule has 0 aliphatic carbocycles. The first-order valence-electron chi connectivity index (χ1n) is 11.0. The lowest BCUT2D eigenvalue weighted by Crippen LogP contribution is -2.50.